The fourth-order valence-corrected chi connectivity index (χ4v) is 4.91. The minimum absolute atomic E-state index is 0.337. The average Bonchev–Trinajstić information content (AvgIpc) is 2.99. The topological polar surface area (TPSA) is 29.0 Å². The summed E-state index contributed by atoms with van der Waals surface area (Å²) in [5.74, 6) is 0.991. The zero-order valence-electron chi connectivity index (χ0n) is 13.9. The first-order valence-electron chi connectivity index (χ1n) is 8.43. The number of nitrogens with zero attached hydrogens (tertiary/aromatic N) is 3. The largest absolute Gasteiger partial charge is 0.351 e. The molecule has 1 aromatic carbocycles. The number of rotatable bonds is 2. The zero-order chi connectivity index (χ0) is 16.7. The van der Waals surface area contributed by atoms with Crippen molar-refractivity contribution in [2.45, 2.75) is 45.2 Å². The maximum atomic E-state index is 6.25. The van der Waals surface area contributed by atoms with Crippen LogP contribution in [0.5, 0.6) is 0 Å². The van der Waals surface area contributed by atoms with E-state index in [4.69, 9.17) is 11.6 Å². The molecule has 0 N–H and O–H groups in total. The maximum absolute atomic E-state index is 6.25. The van der Waals surface area contributed by atoms with E-state index >= 15 is 0 Å². The van der Waals surface area contributed by atoms with Gasteiger partial charge in [-0.05, 0) is 50.3 Å². The fourth-order valence-electron chi connectivity index (χ4n) is 3.75. The minimum atomic E-state index is 0.337. The van der Waals surface area contributed by atoms with Gasteiger partial charge in [0.15, 0.2) is 0 Å². The Kier molecular flexibility index (Phi) is 4.19. The molecule has 124 valence electrons. The molecule has 0 amide bonds. The maximum Gasteiger partial charge on any atom is 0.225 e. The van der Waals surface area contributed by atoms with Gasteiger partial charge < -0.3 is 4.90 Å². The molecule has 0 saturated carbocycles. The van der Waals surface area contributed by atoms with Crippen LogP contribution in [0.2, 0.25) is 5.28 Å². The van der Waals surface area contributed by atoms with E-state index in [0.717, 1.165) is 16.0 Å². The number of hydrogen-bond donors (Lipinski definition) is 0. The third kappa shape index (κ3) is 2.68. The van der Waals surface area contributed by atoms with Crippen LogP contribution >= 0.6 is 22.9 Å². The Labute approximate surface area is 151 Å². The molecule has 1 aliphatic rings. The summed E-state index contributed by atoms with van der Waals surface area (Å²) in [7, 11) is 0. The number of thiophene rings is 1. The predicted octanol–water partition coefficient (Wildman–Crippen LogP) is 5.78. The highest BCUT2D eigenvalue weighted by Gasteiger charge is 2.29. The number of piperidine rings is 1. The highest BCUT2D eigenvalue weighted by Crippen LogP contribution is 2.41. The van der Waals surface area contributed by atoms with Crippen molar-refractivity contribution < 1.29 is 0 Å². The molecular weight excluding hydrogens is 338 g/mol. The monoisotopic (exact) mass is 357 g/mol. The Morgan fingerprint density at radius 2 is 1.79 bits per heavy atom. The summed E-state index contributed by atoms with van der Waals surface area (Å²) >= 11 is 7.89. The van der Waals surface area contributed by atoms with Crippen molar-refractivity contribution in [2.24, 2.45) is 0 Å². The summed E-state index contributed by atoms with van der Waals surface area (Å²) in [6.45, 7) is 4.57. The Morgan fingerprint density at radius 3 is 2.50 bits per heavy atom. The summed E-state index contributed by atoms with van der Waals surface area (Å²) in [6.07, 6.45) is 3.66. The van der Waals surface area contributed by atoms with Crippen molar-refractivity contribution in [2.75, 3.05) is 4.90 Å². The van der Waals surface area contributed by atoms with Crippen LogP contribution in [0.25, 0.3) is 21.3 Å². The Morgan fingerprint density at radius 1 is 1.08 bits per heavy atom. The van der Waals surface area contributed by atoms with Gasteiger partial charge in [0.2, 0.25) is 5.28 Å². The summed E-state index contributed by atoms with van der Waals surface area (Å²) in [5, 5.41) is 3.65. The van der Waals surface area contributed by atoms with Gasteiger partial charge in [0.1, 0.15) is 10.6 Å². The second kappa shape index (κ2) is 6.34. The minimum Gasteiger partial charge on any atom is -0.351 e. The smallest absolute Gasteiger partial charge is 0.225 e. The van der Waals surface area contributed by atoms with Gasteiger partial charge in [-0.2, -0.15) is 4.98 Å². The third-order valence-electron chi connectivity index (χ3n) is 4.91. The lowest BCUT2D eigenvalue weighted by atomic mass is 9.96. The molecular formula is C19H20ClN3S. The zero-order valence-corrected chi connectivity index (χ0v) is 15.4. The molecule has 5 heteroatoms. The van der Waals surface area contributed by atoms with Gasteiger partial charge in [0.05, 0.1) is 5.39 Å². The number of halogens is 1. The lowest BCUT2D eigenvalue weighted by Gasteiger charge is -2.40. The lowest BCUT2D eigenvalue weighted by Crippen LogP contribution is -2.44. The van der Waals surface area contributed by atoms with E-state index in [-0.39, 0.29) is 0 Å². The first-order chi connectivity index (χ1) is 11.6. The Balaban J connectivity index is 1.95. The van der Waals surface area contributed by atoms with E-state index in [2.05, 4.69) is 58.4 Å². The van der Waals surface area contributed by atoms with Crippen molar-refractivity contribution in [1.29, 1.82) is 0 Å². The quantitative estimate of drug-likeness (QED) is 0.544. The molecule has 1 aliphatic heterocycles. The van der Waals surface area contributed by atoms with Gasteiger partial charge in [-0.1, -0.05) is 30.3 Å². The molecule has 3 heterocycles. The van der Waals surface area contributed by atoms with Gasteiger partial charge in [-0.3, -0.25) is 0 Å². The van der Waals surface area contributed by atoms with Crippen molar-refractivity contribution in [1.82, 2.24) is 9.97 Å². The highest BCUT2D eigenvalue weighted by molar-refractivity contribution is 7.17. The second-order valence-electron chi connectivity index (χ2n) is 6.55. The summed E-state index contributed by atoms with van der Waals surface area (Å²) in [6, 6.07) is 11.4. The van der Waals surface area contributed by atoms with Crippen molar-refractivity contribution >= 4 is 39.0 Å². The first-order valence-corrected chi connectivity index (χ1v) is 9.69. The fraction of sp³-hybridized carbons (Fsp3) is 0.368. The second-order valence-corrected chi connectivity index (χ2v) is 7.74. The number of anilines is 1. The van der Waals surface area contributed by atoms with Crippen LogP contribution < -0.4 is 4.90 Å². The molecule has 24 heavy (non-hydrogen) atoms. The third-order valence-corrected chi connectivity index (χ3v) is 5.95. The molecule has 2 atom stereocenters. The van der Waals surface area contributed by atoms with Crippen LogP contribution in [0, 0.1) is 0 Å². The van der Waals surface area contributed by atoms with Crippen molar-refractivity contribution in [3.05, 3.63) is 41.0 Å². The van der Waals surface area contributed by atoms with Crippen LogP contribution in [0.15, 0.2) is 35.7 Å². The standard InChI is InChI=1S/C19H20ClN3S/c1-12-7-6-8-13(2)23(12)17-16-15(14-9-4-3-5-10-14)11-24-18(16)22-19(20)21-17/h3-5,9-13H,6-8H2,1-2H3. The molecule has 3 nitrogen and oxygen atoms in total. The van der Waals surface area contributed by atoms with Crippen LogP contribution in [-0.2, 0) is 0 Å². The first kappa shape index (κ1) is 15.9. The molecule has 4 rings (SSSR count). The normalized spacial score (nSPS) is 21.4. The Bertz CT molecular complexity index is 852. The van der Waals surface area contributed by atoms with Gasteiger partial charge in [-0.15, -0.1) is 11.3 Å². The summed E-state index contributed by atoms with van der Waals surface area (Å²) in [5.41, 5.74) is 2.40. The van der Waals surface area contributed by atoms with E-state index in [1.807, 2.05) is 6.07 Å². The molecule has 0 aliphatic carbocycles. The van der Waals surface area contributed by atoms with E-state index < -0.39 is 0 Å². The summed E-state index contributed by atoms with van der Waals surface area (Å²) in [4.78, 5) is 12.6. The van der Waals surface area contributed by atoms with Gasteiger partial charge in [-0.25, -0.2) is 4.98 Å². The van der Waals surface area contributed by atoms with Gasteiger partial charge in [0.25, 0.3) is 0 Å². The number of hydrogen-bond acceptors (Lipinski definition) is 4. The average molecular weight is 358 g/mol. The van der Waals surface area contributed by atoms with Gasteiger partial charge >= 0.3 is 0 Å². The van der Waals surface area contributed by atoms with Crippen LogP contribution in [0.4, 0.5) is 5.82 Å². The number of benzene rings is 1. The molecule has 0 spiro atoms. The van der Waals surface area contributed by atoms with E-state index in [0.29, 0.717) is 17.4 Å². The van der Waals surface area contributed by atoms with Crippen molar-refractivity contribution in [3.8, 4) is 11.1 Å². The molecule has 0 radical (unpaired) electrons. The highest BCUT2D eigenvalue weighted by atomic mass is 35.5. The lowest BCUT2D eigenvalue weighted by molar-refractivity contribution is 0.412. The number of aromatic nitrogens is 2. The van der Waals surface area contributed by atoms with E-state index in [1.54, 1.807) is 11.3 Å². The van der Waals surface area contributed by atoms with Crippen LogP contribution in [0.3, 0.4) is 0 Å². The molecule has 1 fully saturated rings. The Hall–Kier alpha value is -1.65. The SMILES string of the molecule is CC1CCCC(C)N1c1nc(Cl)nc2scc(-c3ccccc3)c12. The molecule has 2 aromatic heterocycles. The van der Waals surface area contributed by atoms with Crippen LogP contribution in [0.1, 0.15) is 33.1 Å². The molecule has 0 bridgehead atoms. The van der Waals surface area contributed by atoms with Gasteiger partial charge in [0, 0.05) is 23.0 Å². The van der Waals surface area contributed by atoms with E-state index in [1.165, 1.54) is 30.4 Å². The summed E-state index contributed by atoms with van der Waals surface area (Å²) < 4.78 is 0. The molecule has 3 aromatic rings. The predicted molar refractivity (Wildman–Crippen MR) is 103 cm³/mol. The van der Waals surface area contributed by atoms with Crippen LogP contribution in [-0.4, -0.2) is 22.1 Å². The molecule has 1 saturated heterocycles. The molecule has 2 unspecified atom stereocenters. The number of fused-ring (bicyclic) bond motifs is 1. The van der Waals surface area contributed by atoms with E-state index in [9.17, 15) is 0 Å². The van der Waals surface area contributed by atoms with Crippen molar-refractivity contribution in [3.63, 3.8) is 0 Å².